The highest BCUT2D eigenvalue weighted by atomic mass is 19.4. The van der Waals surface area contributed by atoms with Gasteiger partial charge in [0.05, 0.1) is 23.6 Å². The van der Waals surface area contributed by atoms with Crippen LogP contribution in [0.1, 0.15) is 105 Å². The number of rotatable bonds is 11. The molecule has 1 amide bonds. The molecule has 0 spiro atoms. The number of amides is 1. The number of benzene rings is 2. The van der Waals surface area contributed by atoms with Crippen LogP contribution < -0.4 is 10.9 Å². The lowest BCUT2D eigenvalue weighted by atomic mass is 9.86. The van der Waals surface area contributed by atoms with Crippen molar-refractivity contribution >= 4 is 11.9 Å². The molecule has 0 radical (unpaired) electrons. The molecule has 3 aromatic rings. The van der Waals surface area contributed by atoms with Crippen molar-refractivity contribution in [2.45, 2.75) is 97.4 Å². The van der Waals surface area contributed by atoms with Crippen LogP contribution in [0.3, 0.4) is 0 Å². The average Bonchev–Trinajstić information content (AvgIpc) is 3.03. The van der Waals surface area contributed by atoms with Gasteiger partial charge >= 0.3 is 12.1 Å². The number of carbonyl (C=O) groups excluding carboxylic acids is 1. The second-order valence-corrected chi connectivity index (χ2v) is 14.2. The first-order valence-corrected chi connectivity index (χ1v) is 17.1. The Kier molecular flexibility index (Phi) is 12.4. The first-order valence-electron chi connectivity index (χ1n) is 17.1. The first kappa shape index (κ1) is 40.2. The zero-order valence-electron chi connectivity index (χ0n) is 29.9. The van der Waals surface area contributed by atoms with Crippen molar-refractivity contribution in [2.75, 3.05) is 13.1 Å². The summed E-state index contributed by atoms with van der Waals surface area (Å²) < 4.78 is 90.6. The maximum atomic E-state index is 16.5. The first-order chi connectivity index (χ1) is 24.2. The number of halogens is 6. The number of nitrogens with zero attached hydrogens (tertiary/aromatic N) is 2. The van der Waals surface area contributed by atoms with Crippen LogP contribution in [0, 0.1) is 49.6 Å². The fourth-order valence-electron chi connectivity index (χ4n) is 7.15. The standard InChI is InChI=1S/C39H43F6N3O4/c1-8-24-16-27(34-22(6)14-26(40)15-23(34)7)37(42)35(36(24)41)30(18-33(50)51)46-38(52)31(13-20(2)3)48-19-28(29(17-32(48)49)39(43,44)45)25-9-11-47(12-10-25)21(4)5/h1,14-17,19-21,25,30-31H,9-13,18H2,2-7H3,(H,46,52)(H,50,51)/t30-,31-/m0/s1. The summed E-state index contributed by atoms with van der Waals surface area (Å²) in [5.41, 5.74) is -3.21. The topological polar surface area (TPSA) is 91.6 Å². The summed E-state index contributed by atoms with van der Waals surface area (Å²) in [7, 11) is 0. The number of carbonyl (C=O) groups is 2. The van der Waals surface area contributed by atoms with Gasteiger partial charge < -0.3 is 19.9 Å². The normalized spacial score (nSPS) is 15.5. The third-order valence-electron chi connectivity index (χ3n) is 9.65. The summed E-state index contributed by atoms with van der Waals surface area (Å²) in [5, 5.41) is 12.2. The third-order valence-corrected chi connectivity index (χ3v) is 9.65. The largest absolute Gasteiger partial charge is 0.481 e. The van der Waals surface area contributed by atoms with E-state index in [-0.39, 0.29) is 46.2 Å². The average molecular weight is 732 g/mol. The zero-order chi connectivity index (χ0) is 38.8. The fourth-order valence-corrected chi connectivity index (χ4v) is 7.15. The lowest BCUT2D eigenvalue weighted by molar-refractivity contribution is -0.139. The van der Waals surface area contributed by atoms with E-state index in [1.165, 1.54) is 13.8 Å². The molecule has 13 heteroatoms. The maximum absolute atomic E-state index is 16.5. The second-order valence-electron chi connectivity index (χ2n) is 14.2. The number of aryl methyl sites for hydroxylation is 2. The Hall–Kier alpha value is -4.57. The van der Waals surface area contributed by atoms with Crippen molar-refractivity contribution in [2.24, 2.45) is 5.92 Å². The minimum absolute atomic E-state index is 0.0866. The molecule has 1 aliphatic heterocycles. The minimum atomic E-state index is -4.86. The van der Waals surface area contributed by atoms with E-state index < -0.39 is 82.2 Å². The highest BCUT2D eigenvalue weighted by molar-refractivity contribution is 5.82. The molecule has 4 rings (SSSR count). The van der Waals surface area contributed by atoms with E-state index in [1.54, 1.807) is 13.8 Å². The Bertz CT molecular complexity index is 1910. The molecule has 52 heavy (non-hydrogen) atoms. The van der Waals surface area contributed by atoms with Crippen LogP contribution in [0.2, 0.25) is 0 Å². The number of nitrogens with one attached hydrogen (secondary N) is 1. The van der Waals surface area contributed by atoms with Gasteiger partial charge in [-0.3, -0.25) is 14.4 Å². The molecule has 7 nitrogen and oxygen atoms in total. The highest BCUT2D eigenvalue weighted by Crippen LogP contribution is 2.40. The van der Waals surface area contributed by atoms with Crippen LogP contribution in [-0.2, 0) is 15.8 Å². The summed E-state index contributed by atoms with van der Waals surface area (Å²) in [6.07, 6.45) is 1.39. The van der Waals surface area contributed by atoms with Gasteiger partial charge in [-0.05, 0) is 112 Å². The Morgan fingerprint density at radius 3 is 2.10 bits per heavy atom. The van der Waals surface area contributed by atoms with Gasteiger partial charge in [0.15, 0.2) is 0 Å². The summed E-state index contributed by atoms with van der Waals surface area (Å²) >= 11 is 0. The zero-order valence-corrected chi connectivity index (χ0v) is 29.9. The Labute approximate surface area is 299 Å². The van der Waals surface area contributed by atoms with E-state index >= 15 is 8.78 Å². The van der Waals surface area contributed by atoms with E-state index in [1.807, 2.05) is 13.8 Å². The molecular formula is C39H43F6N3O4. The number of pyridine rings is 1. The van der Waals surface area contributed by atoms with Crippen LogP contribution in [-0.4, -0.2) is 45.6 Å². The summed E-state index contributed by atoms with van der Waals surface area (Å²) in [6, 6.07) is 0.604. The lowest BCUT2D eigenvalue weighted by Crippen LogP contribution is -2.41. The number of likely N-dealkylation sites (tertiary alicyclic amines) is 1. The molecule has 2 atom stereocenters. The van der Waals surface area contributed by atoms with Gasteiger partial charge in [-0.25, -0.2) is 13.2 Å². The molecule has 1 aliphatic rings. The second kappa shape index (κ2) is 16.0. The smallest absolute Gasteiger partial charge is 0.416 e. The quantitative estimate of drug-likeness (QED) is 0.154. The molecule has 2 aromatic carbocycles. The summed E-state index contributed by atoms with van der Waals surface area (Å²) in [5.74, 6) is -4.52. The van der Waals surface area contributed by atoms with Crippen LogP contribution in [0.5, 0.6) is 0 Å². The van der Waals surface area contributed by atoms with Gasteiger partial charge in [-0.1, -0.05) is 19.8 Å². The SMILES string of the molecule is C#Cc1cc(-c2c(C)cc(F)cc2C)c(F)c([C@H](CC(=O)O)NC(=O)[C@H](CC(C)C)n2cc(C3CCN(C(C)C)CC3)c(C(F)(F)F)cc2=O)c1F. The van der Waals surface area contributed by atoms with E-state index in [0.717, 1.165) is 29.0 Å². The van der Waals surface area contributed by atoms with E-state index in [9.17, 15) is 37.1 Å². The molecule has 1 saturated heterocycles. The Balaban J connectivity index is 1.86. The fraction of sp³-hybridized carbons (Fsp3) is 0.462. The maximum Gasteiger partial charge on any atom is 0.416 e. The number of terminal acetylenes is 1. The van der Waals surface area contributed by atoms with Crippen LogP contribution >= 0.6 is 0 Å². The Morgan fingerprint density at radius 1 is 1.00 bits per heavy atom. The van der Waals surface area contributed by atoms with Crippen molar-refractivity contribution in [3.8, 4) is 23.5 Å². The van der Waals surface area contributed by atoms with Crippen molar-refractivity contribution in [3.05, 3.63) is 91.6 Å². The predicted molar refractivity (Wildman–Crippen MR) is 185 cm³/mol. The molecule has 0 bridgehead atoms. The van der Waals surface area contributed by atoms with Gasteiger partial charge in [-0.2, -0.15) is 13.2 Å². The molecule has 280 valence electrons. The molecule has 2 N–H and O–H groups in total. The molecular weight excluding hydrogens is 688 g/mol. The van der Waals surface area contributed by atoms with Gasteiger partial charge in [-0.15, -0.1) is 6.42 Å². The highest BCUT2D eigenvalue weighted by Gasteiger charge is 2.39. The molecule has 1 fully saturated rings. The number of piperidine rings is 1. The summed E-state index contributed by atoms with van der Waals surface area (Å²) in [6.45, 7) is 11.4. The van der Waals surface area contributed by atoms with Gasteiger partial charge in [0.1, 0.15) is 23.5 Å². The number of carboxylic acid groups (broad SMARTS) is 1. The van der Waals surface area contributed by atoms with Gasteiger partial charge in [0, 0.05) is 29.4 Å². The summed E-state index contributed by atoms with van der Waals surface area (Å²) in [4.78, 5) is 41.8. The molecule has 0 unspecified atom stereocenters. The Morgan fingerprint density at radius 2 is 1.60 bits per heavy atom. The number of aromatic nitrogens is 1. The predicted octanol–water partition coefficient (Wildman–Crippen LogP) is 8.06. The number of aliphatic carboxylic acids is 1. The van der Waals surface area contributed by atoms with Crippen molar-refractivity contribution in [3.63, 3.8) is 0 Å². The molecule has 0 saturated carbocycles. The number of carboxylic acids is 1. The molecule has 1 aromatic heterocycles. The molecule has 0 aliphatic carbocycles. The van der Waals surface area contributed by atoms with E-state index in [4.69, 9.17) is 6.42 Å². The van der Waals surface area contributed by atoms with Crippen molar-refractivity contribution in [1.82, 2.24) is 14.8 Å². The van der Waals surface area contributed by atoms with E-state index in [0.29, 0.717) is 32.0 Å². The van der Waals surface area contributed by atoms with Crippen LogP contribution in [0.25, 0.3) is 11.1 Å². The number of alkyl halides is 3. The van der Waals surface area contributed by atoms with Gasteiger partial charge in [0.25, 0.3) is 5.56 Å². The van der Waals surface area contributed by atoms with Gasteiger partial charge in [0.2, 0.25) is 5.91 Å². The van der Waals surface area contributed by atoms with E-state index in [2.05, 4.69) is 16.1 Å². The van der Waals surface area contributed by atoms with Crippen LogP contribution in [0.15, 0.2) is 35.3 Å². The number of hydrogen-bond donors (Lipinski definition) is 2. The van der Waals surface area contributed by atoms with Crippen LogP contribution in [0.4, 0.5) is 26.3 Å². The minimum Gasteiger partial charge on any atom is -0.481 e. The lowest BCUT2D eigenvalue weighted by Gasteiger charge is -2.36. The molecule has 2 heterocycles. The third kappa shape index (κ3) is 8.72. The monoisotopic (exact) mass is 731 g/mol. The van der Waals surface area contributed by atoms with Crippen molar-refractivity contribution < 1.29 is 41.0 Å². The number of hydrogen-bond acceptors (Lipinski definition) is 4. The van der Waals surface area contributed by atoms with Crippen molar-refractivity contribution in [1.29, 1.82) is 0 Å².